The van der Waals surface area contributed by atoms with E-state index in [1.54, 1.807) is 23.8 Å². The van der Waals surface area contributed by atoms with Crippen molar-refractivity contribution in [2.24, 2.45) is 12.0 Å². The molecule has 1 aliphatic heterocycles. The summed E-state index contributed by atoms with van der Waals surface area (Å²) < 4.78 is 1.54. The summed E-state index contributed by atoms with van der Waals surface area (Å²) in [4.78, 5) is 17.5. The van der Waals surface area contributed by atoms with Gasteiger partial charge in [-0.1, -0.05) is 24.3 Å². The number of hydrogen-bond acceptors (Lipinski definition) is 4. The van der Waals surface area contributed by atoms with E-state index in [0.29, 0.717) is 16.6 Å². The average molecular weight is 331 g/mol. The Morgan fingerprint density at radius 2 is 1.80 bits per heavy atom. The molecule has 4 rings (SSSR count). The number of nitrogens with zero attached hydrogens (tertiary/aromatic N) is 2. The topological polar surface area (TPSA) is 66.6 Å². The second-order valence-corrected chi connectivity index (χ2v) is 6.07. The quantitative estimate of drug-likeness (QED) is 0.714. The fourth-order valence-electron chi connectivity index (χ4n) is 3.13. The van der Waals surface area contributed by atoms with Crippen molar-refractivity contribution in [1.82, 2.24) is 4.57 Å². The molecule has 0 saturated heterocycles. The number of fused-ring (bicyclic) bond motifs is 2. The van der Waals surface area contributed by atoms with Gasteiger partial charge in [0, 0.05) is 18.1 Å². The number of pyridine rings is 1. The lowest BCUT2D eigenvalue weighted by Crippen LogP contribution is -2.24. The van der Waals surface area contributed by atoms with Gasteiger partial charge in [-0.25, -0.2) is 4.99 Å². The van der Waals surface area contributed by atoms with Gasteiger partial charge in [0.1, 0.15) is 11.3 Å². The molecule has 2 aromatic carbocycles. The van der Waals surface area contributed by atoms with E-state index in [0.717, 1.165) is 17.1 Å². The van der Waals surface area contributed by atoms with Crippen LogP contribution in [-0.4, -0.2) is 15.4 Å². The minimum absolute atomic E-state index is 0.0409. The van der Waals surface area contributed by atoms with E-state index in [-0.39, 0.29) is 16.9 Å². The molecule has 1 aromatic heterocycles. The van der Waals surface area contributed by atoms with Crippen molar-refractivity contribution < 1.29 is 5.11 Å². The minimum Gasteiger partial charge on any atom is -0.506 e. The minimum atomic E-state index is -0.279. The maximum atomic E-state index is 12.9. The largest absolute Gasteiger partial charge is 0.506 e. The van der Waals surface area contributed by atoms with E-state index >= 15 is 0 Å². The number of para-hydroxylation sites is 3. The molecule has 2 N–H and O–H groups in total. The second kappa shape index (κ2) is 5.63. The number of rotatable bonds is 1. The molecular formula is C20H17N3O2. The molecule has 0 unspecified atom stereocenters. The summed E-state index contributed by atoms with van der Waals surface area (Å²) in [6.45, 7) is 1.90. The van der Waals surface area contributed by atoms with Gasteiger partial charge in [-0.2, -0.15) is 0 Å². The number of aryl methyl sites for hydroxylation is 1. The number of benzene rings is 2. The fourth-order valence-corrected chi connectivity index (χ4v) is 3.13. The average Bonchev–Trinajstić information content (AvgIpc) is 2.77. The summed E-state index contributed by atoms with van der Waals surface area (Å²) in [6, 6.07) is 14.9. The summed E-state index contributed by atoms with van der Waals surface area (Å²) in [5, 5.41) is 14.7. The van der Waals surface area contributed by atoms with Crippen molar-refractivity contribution in [3.05, 3.63) is 76.2 Å². The number of hydrogen-bond donors (Lipinski definition) is 2. The molecule has 0 fully saturated rings. The lowest BCUT2D eigenvalue weighted by Gasteiger charge is -2.11. The highest BCUT2D eigenvalue weighted by atomic mass is 16.3. The Bertz CT molecular complexity index is 1120. The van der Waals surface area contributed by atoms with Crippen molar-refractivity contribution in [1.29, 1.82) is 0 Å². The lowest BCUT2D eigenvalue weighted by molar-refractivity contribution is 0.478. The normalized spacial score (nSPS) is 13.5. The molecule has 3 aromatic rings. The van der Waals surface area contributed by atoms with Gasteiger partial charge < -0.3 is 15.0 Å². The molecule has 0 bridgehead atoms. The molecular weight excluding hydrogens is 314 g/mol. The highest BCUT2D eigenvalue weighted by Gasteiger charge is 2.20. The van der Waals surface area contributed by atoms with Crippen molar-refractivity contribution in [2.75, 3.05) is 5.32 Å². The molecule has 0 atom stereocenters. The van der Waals surface area contributed by atoms with E-state index in [9.17, 15) is 9.90 Å². The van der Waals surface area contributed by atoms with Crippen molar-refractivity contribution in [2.45, 2.75) is 6.92 Å². The molecule has 0 saturated carbocycles. The van der Waals surface area contributed by atoms with Gasteiger partial charge in [-0.05, 0) is 37.3 Å². The van der Waals surface area contributed by atoms with Crippen LogP contribution >= 0.6 is 0 Å². The Kier molecular flexibility index (Phi) is 3.42. The molecule has 0 amide bonds. The molecule has 0 radical (unpaired) electrons. The molecule has 2 heterocycles. The fraction of sp³-hybridized carbons (Fsp3) is 0.100. The Labute approximate surface area is 144 Å². The summed E-state index contributed by atoms with van der Waals surface area (Å²) in [6.07, 6.45) is 1.78. The number of allylic oxidation sites excluding steroid dienone is 2. The summed E-state index contributed by atoms with van der Waals surface area (Å²) >= 11 is 0. The Balaban J connectivity index is 2.07. The van der Waals surface area contributed by atoms with Crippen LogP contribution in [0.5, 0.6) is 5.75 Å². The van der Waals surface area contributed by atoms with Gasteiger partial charge in [0.25, 0.3) is 5.56 Å². The Morgan fingerprint density at radius 1 is 1.08 bits per heavy atom. The van der Waals surface area contributed by atoms with Gasteiger partial charge in [-0.3, -0.25) is 4.79 Å². The van der Waals surface area contributed by atoms with Crippen LogP contribution in [-0.2, 0) is 7.05 Å². The summed E-state index contributed by atoms with van der Waals surface area (Å²) in [7, 11) is 1.70. The molecule has 0 spiro atoms. The summed E-state index contributed by atoms with van der Waals surface area (Å²) in [5.41, 5.74) is 3.49. The molecule has 0 aliphatic carbocycles. The number of nitrogens with one attached hydrogen (secondary N) is 1. The van der Waals surface area contributed by atoms with Crippen LogP contribution in [0.4, 0.5) is 11.4 Å². The molecule has 5 heteroatoms. The molecule has 124 valence electrons. The van der Waals surface area contributed by atoms with Crippen LogP contribution in [0, 0.1) is 0 Å². The van der Waals surface area contributed by atoms with Gasteiger partial charge in [0.2, 0.25) is 0 Å². The first-order valence-corrected chi connectivity index (χ1v) is 8.00. The lowest BCUT2D eigenvalue weighted by atomic mass is 10.1. The molecule has 1 aliphatic rings. The standard InChI is InChI=1S/C20H17N3O2/c1-12-11-16(22-15-9-5-4-8-14(15)21-12)18-19(24)13-7-3-6-10-17(13)23(2)20(18)25/h3-11,21,24H,1-2H3. The van der Waals surface area contributed by atoms with Crippen LogP contribution in [0.2, 0.25) is 0 Å². The van der Waals surface area contributed by atoms with E-state index in [2.05, 4.69) is 10.3 Å². The third-order valence-electron chi connectivity index (χ3n) is 4.36. The van der Waals surface area contributed by atoms with E-state index < -0.39 is 0 Å². The van der Waals surface area contributed by atoms with E-state index in [4.69, 9.17) is 0 Å². The van der Waals surface area contributed by atoms with Gasteiger partial charge in [0.15, 0.2) is 0 Å². The molecule has 25 heavy (non-hydrogen) atoms. The van der Waals surface area contributed by atoms with Crippen LogP contribution < -0.4 is 10.9 Å². The Morgan fingerprint density at radius 3 is 2.64 bits per heavy atom. The first-order valence-electron chi connectivity index (χ1n) is 8.00. The van der Waals surface area contributed by atoms with Crippen LogP contribution in [0.25, 0.3) is 10.9 Å². The summed E-state index contributed by atoms with van der Waals surface area (Å²) in [5.74, 6) is -0.0409. The number of aliphatic imine (C=N–C) groups is 1. The van der Waals surface area contributed by atoms with Crippen molar-refractivity contribution in [3.8, 4) is 5.75 Å². The monoisotopic (exact) mass is 331 g/mol. The number of anilines is 1. The highest BCUT2D eigenvalue weighted by molar-refractivity contribution is 6.15. The van der Waals surface area contributed by atoms with Crippen LogP contribution in [0.1, 0.15) is 12.5 Å². The van der Waals surface area contributed by atoms with Crippen molar-refractivity contribution in [3.63, 3.8) is 0 Å². The van der Waals surface area contributed by atoms with Gasteiger partial charge in [-0.15, -0.1) is 0 Å². The predicted molar refractivity (Wildman–Crippen MR) is 101 cm³/mol. The smallest absolute Gasteiger partial charge is 0.264 e. The SMILES string of the molecule is CC1=CC(c2c(O)c3ccccc3n(C)c2=O)=Nc2ccccc2N1. The first-order chi connectivity index (χ1) is 12.1. The third kappa shape index (κ3) is 2.41. The highest BCUT2D eigenvalue weighted by Crippen LogP contribution is 2.32. The zero-order chi connectivity index (χ0) is 17.6. The van der Waals surface area contributed by atoms with Crippen LogP contribution in [0.3, 0.4) is 0 Å². The zero-order valence-corrected chi connectivity index (χ0v) is 13.9. The molecule has 5 nitrogen and oxygen atoms in total. The van der Waals surface area contributed by atoms with E-state index in [1.165, 1.54) is 0 Å². The maximum Gasteiger partial charge on any atom is 0.264 e. The van der Waals surface area contributed by atoms with Gasteiger partial charge in [0.05, 0.1) is 22.6 Å². The first kappa shape index (κ1) is 15.2. The maximum absolute atomic E-state index is 12.9. The zero-order valence-electron chi connectivity index (χ0n) is 13.9. The van der Waals surface area contributed by atoms with Gasteiger partial charge >= 0.3 is 0 Å². The predicted octanol–water partition coefficient (Wildman–Crippen LogP) is 3.69. The number of aromatic nitrogens is 1. The second-order valence-electron chi connectivity index (χ2n) is 6.07. The number of aromatic hydroxyl groups is 1. The Hall–Kier alpha value is -3.34. The third-order valence-corrected chi connectivity index (χ3v) is 4.36. The van der Waals surface area contributed by atoms with E-state index in [1.807, 2.05) is 49.4 Å². The van der Waals surface area contributed by atoms with Crippen molar-refractivity contribution >= 4 is 28.0 Å². The van der Waals surface area contributed by atoms with Crippen LogP contribution in [0.15, 0.2) is 70.1 Å².